The van der Waals surface area contributed by atoms with Crippen molar-refractivity contribution >= 4 is 5.91 Å². The summed E-state index contributed by atoms with van der Waals surface area (Å²) in [5, 5.41) is 11.5. The SMILES string of the molecule is COC(C)C(=O)NCc1ccccc1C#CCO. The molecule has 0 heterocycles. The van der Waals surface area contributed by atoms with E-state index in [4.69, 9.17) is 9.84 Å². The summed E-state index contributed by atoms with van der Waals surface area (Å²) >= 11 is 0. The lowest BCUT2D eigenvalue weighted by Gasteiger charge is -2.11. The quantitative estimate of drug-likeness (QED) is 0.769. The first kappa shape index (κ1) is 14.2. The van der Waals surface area contributed by atoms with Crippen LogP contribution in [0.4, 0.5) is 0 Å². The second-order valence-electron chi connectivity index (χ2n) is 3.71. The number of hydrogen-bond acceptors (Lipinski definition) is 3. The zero-order chi connectivity index (χ0) is 13.4. The summed E-state index contributed by atoms with van der Waals surface area (Å²) in [6.45, 7) is 1.90. The number of carbonyl (C=O) groups excluding carboxylic acids is 1. The summed E-state index contributed by atoms with van der Waals surface area (Å²) in [6.07, 6.45) is -0.472. The lowest BCUT2D eigenvalue weighted by atomic mass is 10.1. The van der Waals surface area contributed by atoms with Gasteiger partial charge >= 0.3 is 0 Å². The minimum atomic E-state index is -0.472. The van der Waals surface area contributed by atoms with Crippen LogP contribution >= 0.6 is 0 Å². The van der Waals surface area contributed by atoms with Crippen molar-refractivity contribution in [1.82, 2.24) is 5.32 Å². The number of aliphatic hydroxyl groups is 1. The van der Waals surface area contributed by atoms with Gasteiger partial charge < -0.3 is 15.2 Å². The van der Waals surface area contributed by atoms with Gasteiger partial charge in [0.1, 0.15) is 12.7 Å². The molecule has 0 saturated carbocycles. The van der Waals surface area contributed by atoms with E-state index in [1.165, 1.54) is 7.11 Å². The van der Waals surface area contributed by atoms with Crippen molar-refractivity contribution in [3.63, 3.8) is 0 Å². The van der Waals surface area contributed by atoms with Gasteiger partial charge in [-0.25, -0.2) is 0 Å². The van der Waals surface area contributed by atoms with Crippen LogP contribution in [0.3, 0.4) is 0 Å². The Bertz CT molecular complexity index is 460. The molecular formula is C14H17NO3. The summed E-state index contributed by atoms with van der Waals surface area (Å²) in [5.74, 6) is 5.28. The molecule has 0 aliphatic heterocycles. The number of hydrogen-bond donors (Lipinski definition) is 2. The zero-order valence-electron chi connectivity index (χ0n) is 10.6. The Balaban J connectivity index is 2.70. The average molecular weight is 247 g/mol. The van der Waals surface area contributed by atoms with E-state index < -0.39 is 6.10 Å². The highest BCUT2D eigenvalue weighted by Gasteiger charge is 2.11. The molecule has 1 unspecified atom stereocenters. The van der Waals surface area contributed by atoms with Gasteiger partial charge in [-0.15, -0.1) is 0 Å². The molecule has 1 atom stereocenters. The van der Waals surface area contributed by atoms with Gasteiger partial charge in [0.2, 0.25) is 5.91 Å². The van der Waals surface area contributed by atoms with E-state index in [0.717, 1.165) is 11.1 Å². The van der Waals surface area contributed by atoms with Crippen molar-refractivity contribution in [3.8, 4) is 11.8 Å². The van der Waals surface area contributed by atoms with Gasteiger partial charge in [-0.05, 0) is 18.6 Å². The Kier molecular flexibility index (Phi) is 5.92. The molecule has 2 N–H and O–H groups in total. The first-order valence-electron chi connectivity index (χ1n) is 5.67. The van der Waals surface area contributed by atoms with Crippen LogP contribution < -0.4 is 5.32 Å². The Morgan fingerprint density at radius 2 is 2.22 bits per heavy atom. The molecule has 4 heteroatoms. The van der Waals surface area contributed by atoms with E-state index in [0.29, 0.717) is 6.54 Å². The second kappa shape index (κ2) is 7.49. The maximum atomic E-state index is 11.6. The van der Waals surface area contributed by atoms with Gasteiger partial charge in [-0.3, -0.25) is 4.79 Å². The van der Waals surface area contributed by atoms with E-state index in [1.54, 1.807) is 6.92 Å². The van der Waals surface area contributed by atoms with Crippen LogP contribution in [0, 0.1) is 11.8 Å². The van der Waals surface area contributed by atoms with Crippen molar-refractivity contribution in [3.05, 3.63) is 35.4 Å². The molecule has 1 rings (SSSR count). The first-order valence-corrected chi connectivity index (χ1v) is 5.67. The summed E-state index contributed by atoms with van der Waals surface area (Å²) in [5.41, 5.74) is 1.71. The summed E-state index contributed by atoms with van der Waals surface area (Å²) in [6, 6.07) is 7.49. The Morgan fingerprint density at radius 3 is 2.89 bits per heavy atom. The van der Waals surface area contributed by atoms with Gasteiger partial charge in [-0.1, -0.05) is 30.0 Å². The van der Waals surface area contributed by atoms with Crippen molar-refractivity contribution in [2.75, 3.05) is 13.7 Å². The molecule has 0 fully saturated rings. The molecule has 0 aromatic heterocycles. The Hall–Kier alpha value is -1.83. The predicted octanol–water partition coefficient (Wildman–Crippen LogP) is 0.681. The fraction of sp³-hybridized carbons (Fsp3) is 0.357. The largest absolute Gasteiger partial charge is 0.384 e. The third kappa shape index (κ3) is 4.21. The van der Waals surface area contributed by atoms with Crippen LogP contribution in [0.1, 0.15) is 18.1 Å². The average Bonchev–Trinajstić information content (AvgIpc) is 2.42. The van der Waals surface area contributed by atoms with Crippen LogP contribution in [-0.4, -0.2) is 30.8 Å². The van der Waals surface area contributed by atoms with Crippen molar-refractivity contribution in [1.29, 1.82) is 0 Å². The highest BCUT2D eigenvalue weighted by atomic mass is 16.5. The number of nitrogens with one attached hydrogen (secondary N) is 1. The van der Waals surface area contributed by atoms with Crippen molar-refractivity contribution in [2.45, 2.75) is 19.6 Å². The van der Waals surface area contributed by atoms with Crippen LogP contribution in [0.2, 0.25) is 0 Å². The van der Waals surface area contributed by atoms with Crippen molar-refractivity contribution in [2.24, 2.45) is 0 Å². The van der Waals surface area contributed by atoms with Crippen LogP contribution in [0.5, 0.6) is 0 Å². The summed E-state index contributed by atoms with van der Waals surface area (Å²) in [7, 11) is 1.49. The van der Waals surface area contributed by atoms with Gasteiger partial charge in [0.15, 0.2) is 0 Å². The molecule has 0 radical (unpaired) electrons. The minimum absolute atomic E-state index is 0.164. The van der Waals surface area contributed by atoms with Crippen LogP contribution in [0.25, 0.3) is 0 Å². The van der Waals surface area contributed by atoms with Gasteiger partial charge in [-0.2, -0.15) is 0 Å². The van der Waals surface area contributed by atoms with E-state index in [9.17, 15) is 4.79 Å². The molecule has 0 aliphatic rings. The molecule has 18 heavy (non-hydrogen) atoms. The lowest BCUT2D eigenvalue weighted by Crippen LogP contribution is -2.33. The summed E-state index contributed by atoms with van der Waals surface area (Å²) in [4.78, 5) is 11.6. The molecule has 0 aliphatic carbocycles. The third-order valence-electron chi connectivity index (χ3n) is 2.50. The van der Waals surface area contributed by atoms with Crippen molar-refractivity contribution < 1.29 is 14.6 Å². The fourth-order valence-electron chi connectivity index (χ4n) is 1.36. The number of amides is 1. The highest BCUT2D eigenvalue weighted by molar-refractivity contribution is 5.80. The van der Waals surface area contributed by atoms with Crippen LogP contribution in [0.15, 0.2) is 24.3 Å². The molecule has 1 aromatic rings. The van der Waals surface area contributed by atoms with Gasteiger partial charge in [0, 0.05) is 19.2 Å². The Labute approximate surface area is 107 Å². The number of methoxy groups -OCH3 is 1. The first-order chi connectivity index (χ1) is 8.69. The summed E-state index contributed by atoms with van der Waals surface area (Å²) < 4.78 is 4.92. The zero-order valence-corrected chi connectivity index (χ0v) is 10.6. The Morgan fingerprint density at radius 1 is 1.50 bits per heavy atom. The molecule has 4 nitrogen and oxygen atoms in total. The number of benzene rings is 1. The maximum Gasteiger partial charge on any atom is 0.249 e. The minimum Gasteiger partial charge on any atom is -0.384 e. The second-order valence-corrected chi connectivity index (χ2v) is 3.71. The maximum absolute atomic E-state index is 11.6. The molecule has 96 valence electrons. The molecule has 1 amide bonds. The third-order valence-corrected chi connectivity index (χ3v) is 2.50. The normalized spacial score (nSPS) is 11.3. The standard InChI is InChI=1S/C14H17NO3/c1-11(18-2)14(17)15-10-13-7-4-3-6-12(13)8-5-9-16/h3-4,6-7,11,16H,9-10H2,1-2H3,(H,15,17). The van der Waals surface area contributed by atoms with Crippen LogP contribution in [-0.2, 0) is 16.1 Å². The smallest absolute Gasteiger partial charge is 0.249 e. The molecule has 1 aromatic carbocycles. The van der Waals surface area contributed by atoms with E-state index in [2.05, 4.69) is 17.2 Å². The number of ether oxygens (including phenoxy) is 1. The van der Waals surface area contributed by atoms with E-state index in [-0.39, 0.29) is 12.5 Å². The highest BCUT2D eigenvalue weighted by Crippen LogP contribution is 2.07. The monoisotopic (exact) mass is 247 g/mol. The fourth-order valence-corrected chi connectivity index (χ4v) is 1.36. The van der Waals surface area contributed by atoms with E-state index in [1.807, 2.05) is 24.3 Å². The topological polar surface area (TPSA) is 58.6 Å². The number of aliphatic hydroxyl groups excluding tert-OH is 1. The molecule has 0 bridgehead atoms. The predicted molar refractivity (Wildman–Crippen MR) is 68.7 cm³/mol. The van der Waals surface area contributed by atoms with Gasteiger partial charge in [0.25, 0.3) is 0 Å². The number of rotatable bonds is 4. The molecular weight excluding hydrogens is 230 g/mol. The molecule has 0 spiro atoms. The van der Waals surface area contributed by atoms with Gasteiger partial charge in [0.05, 0.1) is 0 Å². The molecule has 0 saturated heterocycles. The number of carbonyl (C=O) groups is 1. The lowest BCUT2D eigenvalue weighted by molar-refractivity contribution is -0.130. The van der Waals surface area contributed by atoms with E-state index >= 15 is 0 Å².